The van der Waals surface area contributed by atoms with E-state index >= 15 is 0 Å². The van der Waals surface area contributed by atoms with Crippen molar-refractivity contribution in [3.05, 3.63) is 65.6 Å². The van der Waals surface area contributed by atoms with Gasteiger partial charge < -0.3 is 24.3 Å². The van der Waals surface area contributed by atoms with E-state index in [-0.39, 0.29) is 29.1 Å². The number of carbonyl (C=O) groups is 2. The van der Waals surface area contributed by atoms with E-state index in [1.165, 1.54) is 6.07 Å². The SMILES string of the molecule is CC1(C)OB(c2ccc(Cn3ccc4c(F)ccc(C(=O)NC5CC6(C5)CC(C(=O)O)C6)c43)cc2)OC1(C)C. The number of hydrogen-bond acceptors (Lipinski definition) is 4. The number of aromatic nitrogens is 1. The molecule has 2 aliphatic carbocycles. The van der Waals surface area contributed by atoms with E-state index in [1.54, 1.807) is 12.1 Å². The van der Waals surface area contributed by atoms with Crippen LogP contribution in [0.25, 0.3) is 10.9 Å². The zero-order valence-corrected chi connectivity index (χ0v) is 22.8. The van der Waals surface area contributed by atoms with Crippen LogP contribution in [0.4, 0.5) is 4.39 Å². The average molecular weight is 532 g/mol. The van der Waals surface area contributed by atoms with Crippen LogP contribution in [0.15, 0.2) is 48.7 Å². The molecule has 0 bridgehead atoms. The van der Waals surface area contributed by atoms with Crippen molar-refractivity contribution >= 4 is 35.4 Å². The normalized spacial score (nSPS) is 26.8. The lowest BCUT2D eigenvalue weighted by Crippen LogP contribution is -2.57. The molecule has 1 spiro atoms. The summed E-state index contributed by atoms with van der Waals surface area (Å²) in [5.74, 6) is -1.59. The molecule has 0 unspecified atom stereocenters. The van der Waals surface area contributed by atoms with E-state index in [2.05, 4.69) is 5.32 Å². The van der Waals surface area contributed by atoms with Gasteiger partial charge in [0, 0.05) is 24.2 Å². The minimum atomic E-state index is -0.731. The fraction of sp³-hybridized carbons (Fsp3) is 0.467. The summed E-state index contributed by atoms with van der Waals surface area (Å²) in [6.45, 7) is 8.57. The highest BCUT2D eigenvalue weighted by molar-refractivity contribution is 6.62. The first kappa shape index (κ1) is 26.1. The Morgan fingerprint density at radius 1 is 1.00 bits per heavy atom. The van der Waals surface area contributed by atoms with Crippen molar-refractivity contribution in [1.29, 1.82) is 0 Å². The smallest absolute Gasteiger partial charge is 0.481 e. The molecule has 3 fully saturated rings. The third-order valence-corrected chi connectivity index (χ3v) is 9.38. The summed E-state index contributed by atoms with van der Waals surface area (Å²) in [5.41, 5.74) is 2.16. The van der Waals surface area contributed by atoms with Crippen LogP contribution in [0.1, 0.15) is 69.3 Å². The van der Waals surface area contributed by atoms with Gasteiger partial charge in [-0.3, -0.25) is 9.59 Å². The lowest BCUT2D eigenvalue weighted by atomic mass is 9.50. The molecule has 1 aliphatic heterocycles. The van der Waals surface area contributed by atoms with Crippen LogP contribution in [-0.4, -0.2) is 45.9 Å². The van der Waals surface area contributed by atoms with Gasteiger partial charge in [0.05, 0.1) is 28.2 Å². The maximum absolute atomic E-state index is 14.7. The summed E-state index contributed by atoms with van der Waals surface area (Å²) in [6, 6.07) is 12.6. The zero-order chi connectivity index (χ0) is 27.7. The second-order valence-electron chi connectivity index (χ2n) is 12.7. The van der Waals surface area contributed by atoms with Gasteiger partial charge in [-0.05, 0) is 88.0 Å². The maximum Gasteiger partial charge on any atom is 0.494 e. The molecule has 0 radical (unpaired) electrons. The minimum absolute atomic E-state index is 0.0123. The number of carboxylic acids is 1. The highest BCUT2D eigenvalue weighted by atomic mass is 19.1. The van der Waals surface area contributed by atoms with Crippen molar-refractivity contribution in [2.24, 2.45) is 11.3 Å². The highest BCUT2D eigenvalue weighted by Gasteiger charge is 2.55. The number of rotatable bonds is 6. The number of carboxylic acid groups (broad SMARTS) is 1. The quantitative estimate of drug-likeness (QED) is 0.457. The number of aliphatic carboxylic acids is 1. The van der Waals surface area contributed by atoms with Gasteiger partial charge >= 0.3 is 13.1 Å². The Hall–Kier alpha value is -3.17. The molecule has 3 aromatic rings. The summed E-state index contributed by atoms with van der Waals surface area (Å²) < 4.78 is 28.9. The third kappa shape index (κ3) is 4.45. The first-order valence-corrected chi connectivity index (χ1v) is 13.6. The van der Waals surface area contributed by atoms with Crippen molar-refractivity contribution in [2.75, 3.05) is 0 Å². The van der Waals surface area contributed by atoms with E-state index in [0.29, 0.717) is 35.9 Å². The molecule has 0 atom stereocenters. The van der Waals surface area contributed by atoms with Crippen LogP contribution in [-0.2, 0) is 20.6 Å². The average Bonchev–Trinajstić information content (AvgIpc) is 3.32. The van der Waals surface area contributed by atoms with E-state index in [9.17, 15) is 14.0 Å². The molecule has 2 heterocycles. The summed E-state index contributed by atoms with van der Waals surface area (Å²) in [6.07, 6.45) is 4.77. The molecule has 3 aliphatic rings. The van der Waals surface area contributed by atoms with Crippen LogP contribution in [0.3, 0.4) is 0 Å². The summed E-state index contributed by atoms with van der Waals surface area (Å²) in [7, 11) is -0.443. The van der Waals surface area contributed by atoms with Crippen LogP contribution in [0.5, 0.6) is 0 Å². The Balaban J connectivity index is 1.17. The molecule has 2 N–H and O–H groups in total. The van der Waals surface area contributed by atoms with Gasteiger partial charge in [0.25, 0.3) is 5.91 Å². The van der Waals surface area contributed by atoms with Crippen LogP contribution in [0, 0.1) is 17.2 Å². The fourth-order valence-electron chi connectivity index (χ4n) is 6.41. The number of fused-ring (bicyclic) bond motifs is 1. The van der Waals surface area contributed by atoms with E-state index in [4.69, 9.17) is 14.4 Å². The molecule has 2 saturated carbocycles. The fourth-order valence-corrected chi connectivity index (χ4v) is 6.41. The monoisotopic (exact) mass is 532 g/mol. The van der Waals surface area contributed by atoms with Crippen molar-refractivity contribution in [1.82, 2.24) is 9.88 Å². The van der Waals surface area contributed by atoms with Gasteiger partial charge in [-0.1, -0.05) is 24.3 Å². The first-order valence-electron chi connectivity index (χ1n) is 13.6. The molecule has 1 saturated heterocycles. The molecule has 9 heteroatoms. The lowest BCUT2D eigenvalue weighted by molar-refractivity contribution is -0.155. The Kier molecular flexibility index (Phi) is 5.97. The van der Waals surface area contributed by atoms with Crippen molar-refractivity contribution in [3.63, 3.8) is 0 Å². The molecule has 39 heavy (non-hydrogen) atoms. The predicted molar refractivity (Wildman–Crippen MR) is 146 cm³/mol. The van der Waals surface area contributed by atoms with Crippen LogP contribution in [0.2, 0.25) is 0 Å². The molecule has 1 amide bonds. The first-order chi connectivity index (χ1) is 18.4. The number of amides is 1. The third-order valence-electron chi connectivity index (χ3n) is 9.38. The highest BCUT2D eigenvalue weighted by Crippen LogP contribution is 2.58. The van der Waals surface area contributed by atoms with Crippen molar-refractivity contribution < 1.29 is 28.4 Å². The Labute approximate surface area is 227 Å². The number of benzene rings is 2. The number of halogens is 1. The molecular formula is C30H34BFN2O5. The van der Waals surface area contributed by atoms with Crippen LogP contribution < -0.4 is 10.8 Å². The number of hydrogen-bond donors (Lipinski definition) is 2. The molecule has 204 valence electrons. The van der Waals surface area contributed by atoms with Gasteiger partial charge in [0.2, 0.25) is 0 Å². The Morgan fingerprint density at radius 3 is 2.26 bits per heavy atom. The molecule has 2 aromatic carbocycles. The predicted octanol–water partition coefficient (Wildman–Crippen LogP) is 4.50. The second-order valence-corrected chi connectivity index (χ2v) is 12.7. The van der Waals surface area contributed by atoms with Gasteiger partial charge in [-0.25, -0.2) is 4.39 Å². The molecule has 1 aromatic heterocycles. The van der Waals surface area contributed by atoms with Gasteiger partial charge in [0.15, 0.2) is 0 Å². The lowest BCUT2D eigenvalue weighted by Gasteiger charge is -2.56. The van der Waals surface area contributed by atoms with Crippen molar-refractivity contribution in [2.45, 2.75) is 77.2 Å². The van der Waals surface area contributed by atoms with Gasteiger partial charge in [0.1, 0.15) is 5.82 Å². The summed E-state index contributed by atoms with van der Waals surface area (Å²) in [5, 5.41) is 12.7. The molecule has 7 nitrogen and oxygen atoms in total. The zero-order valence-electron chi connectivity index (χ0n) is 22.8. The maximum atomic E-state index is 14.7. The van der Waals surface area contributed by atoms with Crippen molar-refractivity contribution in [3.8, 4) is 0 Å². The summed E-state index contributed by atoms with van der Waals surface area (Å²) in [4.78, 5) is 24.4. The standard InChI is InChI=1S/C30H34BFN2O5/c1-28(2)29(3,4)39-31(38-28)20-7-5-18(6-8-20)17-34-12-11-22-24(32)10-9-23(25(22)34)26(35)33-21-15-30(16-21)13-19(14-30)27(36)37/h5-12,19,21H,13-17H2,1-4H3,(H,33,35)(H,36,37). The van der Waals surface area contributed by atoms with E-state index in [1.807, 2.05) is 62.7 Å². The minimum Gasteiger partial charge on any atom is -0.481 e. The second kappa shape index (κ2) is 8.93. The van der Waals surface area contributed by atoms with Crippen LogP contribution >= 0.6 is 0 Å². The van der Waals surface area contributed by atoms with E-state index in [0.717, 1.165) is 23.9 Å². The number of carbonyl (C=O) groups excluding carboxylic acids is 1. The van der Waals surface area contributed by atoms with E-state index < -0.39 is 24.3 Å². The summed E-state index contributed by atoms with van der Waals surface area (Å²) >= 11 is 0. The molecule has 6 rings (SSSR count). The largest absolute Gasteiger partial charge is 0.494 e. The number of nitrogens with zero attached hydrogens (tertiary/aromatic N) is 1. The number of nitrogens with one attached hydrogen (secondary N) is 1. The Bertz CT molecular complexity index is 1430. The topological polar surface area (TPSA) is 89.8 Å². The van der Waals surface area contributed by atoms with Gasteiger partial charge in [-0.2, -0.15) is 0 Å². The Morgan fingerprint density at radius 2 is 1.64 bits per heavy atom. The molecular weight excluding hydrogens is 498 g/mol. The van der Waals surface area contributed by atoms with Gasteiger partial charge in [-0.15, -0.1) is 0 Å².